The van der Waals surface area contributed by atoms with Crippen molar-refractivity contribution in [2.75, 3.05) is 6.61 Å². The largest absolute Gasteiger partial charge is 0.378 e. The summed E-state index contributed by atoms with van der Waals surface area (Å²) in [5.74, 6) is 0.650. The van der Waals surface area contributed by atoms with Crippen LogP contribution in [0.5, 0.6) is 0 Å². The van der Waals surface area contributed by atoms with Crippen molar-refractivity contribution in [3.8, 4) is 0 Å². The summed E-state index contributed by atoms with van der Waals surface area (Å²) >= 11 is 0. The molecule has 0 aromatic carbocycles. The van der Waals surface area contributed by atoms with Crippen molar-refractivity contribution < 1.29 is 13.2 Å². The van der Waals surface area contributed by atoms with E-state index in [1.165, 1.54) is 0 Å². The summed E-state index contributed by atoms with van der Waals surface area (Å²) in [5, 5.41) is 12.5. The summed E-state index contributed by atoms with van der Waals surface area (Å²) < 4.78 is 29.7. The number of hydrogen-bond donors (Lipinski definition) is 1. The van der Waals surface area contributed by atoms with E-state index in [0.717, 1.165) is 25.9 Å². The van der Waals surface area contributed by atoms with Crippen LogP contribution in [-0.2, 0) is 27.7 Å². The highest BCUT2D eigenvalue weighted by atomic mass is 32.2. The molecule has 2 rings (SSSR count). The fourth-order valence-corrected chi connectivity index (χ4v) is 2.89. The molecule has 0 bridgehead atoms. The van der Waals surface area contributed by atoms with E-state index in [1.54, 1.807) is 4.57 Å². The van der Waals surface area contributed by atoms with Crippen LogP contribution in [0.2, 0.25) is 0 Å². The first-order chi connectivity index (χ1) is 8.52. The second kappa shape index (κ2) is 5.33. The van der Waals surface area contributed by atoms with Crippen LogP contribution in [0.25, 0.3) is 0 Å². The van der Waals surface area contributed by atoms with Crippen molar-refractivity contribution in [3.05, 3.63) is 5.82 Å². The fraction of sp³-hybridized carbons (Fsp3) is 0.800. The highest BCUT2D eigenvalue weighted by Gasteiger charge is 2.21. The Morgan fingerprint density at radius 2 is 2.28 bits per heavy atom. The van der Waals surface area contributed by atoms with E-state index in [2.05, 4.69) is 10.2 Å². The minimum absolute atomic E-state index is 0.160. The zero-order valence-corrected chi connectivity index (χ0v) is 11.2. The maximum absolute atomic E-state index is 11.3. The molecule has 1 unspecified atom stereocenters. The quantitative estimate of drug-likeness (QED) is 0.818. The van der Waals surface area contributed by atoms with E-state index in [0.29, 0.717) is 18.8 Å². The Kier molecular flexibility index (Phi) is 3.98. The molecule has 1 aromatic rings. The number of primary sulfonamides is 1. The lowest BCUT2D eigenvalue weighted by Gasteiger charge is -2.09. The third-order valence-electron chi connectivity index (χ3n) is 3.08. The number of nitrogens with zero attached hydrogens (tertiary/aromatic N) is 3. The maximum Gasteiger partial charge on any atom is 0.273 e. The van der Waals surface area contributed by atoms with Crippen LogP contribution in [0.1, 0.15) is 32.0 Å². The topological polar surface area (TPSA) is 100 Å². The summed E-state index contributed by atoms with van der Waals surface area (Å²) in [6.07, 6.45) is 3.89. The van der Waals surface area contributed by atoms with Crippen molar-refractivity contribution >= 4 is 10.0 Å². The number of aryl methyl sites for hydroxylation is 1. The molecular weight excluding hydrogens is 256 g/mol. The number of aromatic nitrogens is 3. The lowest BCUT2D eigenvalue weighted by atomic mass is 10.1. The van der Waals surface area contributed by atoms with E-state index in [-0.39, 0.29) is 11.3 Å². The van der Waals surface area contributed by atoms with E-state index in [4.69, 9.17) is 9.88 Å². The standard InChI is InChI=1S/C10H18N4O3S/c1-2-14-9(6-5-8-4-3-7-17-8)12-13-10(14)18(11,15)16/h8H,2-7H2,1H3,(H2,11,15,16). The van der Waals surface area contributed by atoms with Crippen molar-refractivity contribution in [2.45, 2.75) is 50.4 Å². The fourth-order valence-electron chi connectivity index (χ4n) is 2.19. The van der Waals surface area contributed by atoms with Crippen molar-refractivity contribution in [1.82, 2.24) is 14.8 Å². The average molecular weight is 274 g/mol. The summed E-state index contributed by atoms with van der Waals surface area (Å²) in [6.45, 7) is 3.14. The molecule has 0 amide bonds. The van der Waals surface area contributed by atoms with Gasteiger partial charge in [0.2, 0.25) is 0 Å². The van der Waals surface area contributed by atoms with Crippen LogP contribution in [0.15, 0.2) is 5.16 Å². The molecule has 1 aliphatic rings. The van der Waals surface area contributed by atoms with Crippen molar-refractivity contribution in [1.29, 1.82) is 0 Å². The zero-order valence-electron chi connectivity index (χ0n) is 10.4. The second-order valence-electron chi connectivity index (χ2n) is 4.36. The summed E-state index contributed by atoms with van der Waals surface area (Å²) in [6, 6.07) is 0. The van der Waals surface area contributed by atoms with E-state index in [9.17, 15) is 8.42 Å². The van der Waals surface area contributed by atoms with Crippen molar-refractivity contribution in [3.63, 3.8) is 0 Å². The molecule has 18 heavy (non-hydrogen) atoms. The molecule has 7 nitrogen and oxygen atoms in total. The van der Waals surface area contributed by atoms with Gasteiger partial charge < -0.3 is 9.30 Å². The van der Waals surface area contributed by atoms with Crippen LogP contribution < -0.4 is 5.14 Å². The van der Waals surface area contributed by atoms with Crippen LogP contribution in [0.3, 0.4) is 0 Å². The molecule has 1 fully saturated rings. The molecule has 0 aliphatic carbocycles. The van der Waals surface area contributed by atoms with Gasteiger partial charge in [0.25, 0.3) is 15.2 Å². The summed E-state index contributed by atoms with van der Waals surface area (Å²) in [7, 11) is -3.80. The molecule has 1 atom stereocenters. The molecule has 102 valence electrons. The Morgan fingerprint density at radius 1 is 1.50 bits per heavy atom. The molecule has 1 saturated heterocycles. The van der Waals surface area contributed by atoms with Crippen LogP contribution in [-0.4, -0.2) is 35.9 Å². The lowest BCUT2D eigenvalue weighted by Crippen LogP contribution is -2.19. The summed E-state index contributed by atoms with van der Waals surface area (Å²) in [4.78, 5) is 0. The molecule has 2 N–H and O–H groups in total. The van der Waals surface area contributed by atoms with Gasteiger partial charge in [0, 0.05) is 19.6 Å². The third-order valence-corrected chi connectivity index (χ3v) is 3.89. The Hall–Kier alpha value is -0.990. The highest BCUT2D eigenvalue weighted by Crippen LogP contribution is 2.18. The second-order valence-corrected chi connectivity index (χ2v) is 5.82. The third kappa shape index (κ3) is 2.88. The molecular formula is C10H18N4O3S. The van der Waals surface area contributed by atoms with Gasteiger partial charge in [-0.1, -0.05) is 0 Å². The Labute approximate surface area is 106 Å². The van der Waals surface area contributed by atoms with Crippen LogP contribution in [0, 0.1) is 0 Å². The normalized spacial score (nSPS) is 20.4. The first-order valence-electron chi connectivity index (χ1n) is 6.09. The van der Waals surface area contributed by atoms with Crippen molar-refractivity contribution in [2.24, 2.45) is 5.14 Å². The van der Waals surface area contributed by atoms with Gasteiger partial charge in [0.05, 0.1) is 6.10 Å². The van der Waals surface area contributed by atoms with Crippen LogP contribution in [0.4, 0.5) is 0 Å². The Bertz CT molecular complexity index is 505. The predicted octanol–water partition coefficient (Wildman–Crippen LogP) is 0.0570. The van der Waals surface area contributed by atoms with E-state index >= 15 is 0 Å². The molecule has 0 saturated carbocycles. The molecule has 1 aliphatic heterocycles. The summed E-state index contributed by atoms with van der Waals surface area (Å²) in [5.41, 5.74) is 0. The Morgan fingerprint density at radius 3 is 2.83 bits per heavy atom. The number of rotatable bonds is 5. The van der Waals surface area contributed by atoms with Gasteiger partial charge in [-0.25, -0.2) is 13.6 Å². The number of hydrogen-bond acceptors (Lipinski definition) is 5. The number of sulfonamides is 1. The predicted molar refractivity (Wildman–Crippen MR) is 64.4 cm³/mol. The van der Waals surface area contributed by atoms with Gasteiger partial charge in [-0.15, -0.1) is 10.2 Å². The van der Waals surface area contributed by atoms with Gasteiger partial charge >= 0.3 is 0 Å². The van der Waals surface area contributed by atoms with Gasteiger partial charge in [0.15, 0.2) is 0 Å². The van der Waals surface area contributed by atoms with E-state index < -0.39 is 10.0 Å². The minimum atomic E-state index is -3.80. The first-order valence-corrected chi connectivity index (χ1v) is 7.63. The van der Waals surface area contributed by atoms with Crippen LogP contribution >= 0.6 is 0 Å². The van der Waals surface area contributed by atoms with Gasteiger partial charge in [-0.3, -0.25) is 0 Å². The molecule has 1 aromatic heterocycles. The SMILES string of the molecule is CCn1c(CCC2CCCO2)nnc1S(N)(=O)=O. The monoisotopic (exact) mass is 274 g/mol. The number of ether oxygens (including phenoxy) is 1. The first kappa shape index (κ1) is 13.4. The zero-order chi connectivity index (χ0) is 13.2. The minimum Gasteiger partial charge on any atom is -0.378 e. The molecule has 2 heterocycles. The number of nitrogens with two attached hydrogens (primary N) is 1. The Balaban J connectivity index is 2.10. The van der Waals surface area contributed by atoms with E-state index in [1.807, 2.05) is 6.92 Å². The molecule has 0 radical (unpaired) electrons. The van der Waals surface area contributed by atoms with Gasteiger partial charge in [0.1, 0.15) is 5.82 Å². The molecule has 0 spiro atoms. The lowest BCUT2D eigenvalue weighted by molar-refractivity contribution is 0.104. The molecule has 8 heteroatoms. The van der Waals surface area contributed by atoms with Gasteiger partial charge in [-0.05, 0) is 26.2 Å². The van der Waals surface area contributed by atoms with Gasteiger partial charge in [-0.2, -0.15) is 0 Å². The average Bonchev–Trinajstić information content (AvgIpc) is 2.94. The highest BCUT2D eigenvalue weighted by molar-refractivity contribution is 7.89. The maximum atomic E-state index is 11.3. The smallest absolute Gasteiger partial charge is 0.273 e.